The zero-order valence-electron chi connectivity index (χ0n) is 15.7. The van der Waals surface area contributed by atoms with Crippen molar-refractivity contribution < 1.29 is 0 Å². The standard InChI is InChI=1S/C22H42/c1-3-5-7-9-11-13-15-17-19-21-22-20-18-16-14-12-10-8-6-4-2/h3-20H2,1-2H3. The van der Waals surface area contributed by atoms with Crippen molar-refractivity contribution in [3.63, 3.8) is 0 Å². The summed E-state index contributed by atoms with van der Waals surface area (Å²) in [5.74, 6) is 6.73. The Kier molecular flexibility index (Phi) is 20.1. The molecule has 0 saturated heterocycles. The summed E-state index contributed by atoms with van der Waals surface area (Å²) in [4.78, 5) is 0. The summed E-state index contributed by atoms with van der Waals surface area (Å²) < 4.78 is 0. The molecule has 0 heteroatoms. The number of hydrogen-bond donors (Lipinski definition) is 0. The minimum atomic E-state index is 1.13. The van der Waals surface area contributed by atoms with Crippen LogP contribution in [0.1, 0.15) is 129 Å². The third-order valence-corrected chi connectivity index (χ3v) is 4.44. The number of hydrogen-bond acceptors (Lipinski definition) is 0. The zero-order chi connectivity index (χ0) is 16.1. The quantitative estimate of drug-likeness (QED) is 0.200. The Labute approximate surface area is 141 Å². The van der Waals surface area contributed by atoms with Crippen molar-refractivity contribution >= 4 is 0 Å². The largest absolute Gasteiger partial charge is 0.103 e. The van der Waals surface area contributed by atoms with E-state index in [1.807, 2.05) is 0 Å². The second-order valence-electron chi connectivity index (χ2n) is 6.80. The molecule has 0 aliphatic heterocycles. The highest BCUT2D eigenvalue weighted by Gasteiger charge is 1.91. The third-order valence-electron chi connectivity index (χ3n) is 4.44. The molecule has 0 spiro atoms. The van der Waals surface area contributed by atoms with Crippen LogP contribution in [-0.2, 0) is 0 Å². The summed E-state index contributed by atoms with van der Waals surface area (Å²) in [6.45, 7) is 4.57. The lowest BCUT2D eigenvalue weighted by Crippen LogP contribution is -1.81. The van der Waals surface area contributed by atoms with Gasteiger partial charge in [0.15, 0.2) is 0 Å². The minimum Gasteiger partial charge on any atom is -0.103 e. The average molecular weight is 307 g/mol. The van der Waals surface area contributed by atoms with Crippen LogP contribution in [0.2, 0.25) is 0 Å². The molecule has 0 bridgehead atoms. The molecule has 22 heavy (non-hydrogen) atoms. The van der Waals surface area contributed by atoms with Crippen LogP contribution >= 0.6 is 0 Å². The van der Waals surface area contributed by atoms with Gasteiger partial charge in [0.05, 0.1) is 0 Å². The molecule has 0 aromatic carbocycles. The average Bonchev–Trinajstić information content (AvgIpc) is 2.54. The van der Waals surface area contributed by atoms with Crippen molar-refractivity contribution in [2.45, 2.75) is 129 Å². The smallest absolute Gasteiger partial charge is 0.00886 e. The molecule has 0 radical (unpaired) electrons. The molecule has 0 saturated carbocycles. The van der Waals surface area contributed by atoms with Crippen LogP contribution in [0.3, 0.4) is 0 Å². The van der Waals surface area contributed by atoms with E-state index in [1.165, 1.54) is 103 Å². The van der Waals surface area contributed by atoms with Gasteiger partial charge in [-0.2, -0.15) is 0 Å². The summed E-state index contributed by atoms with van der Waals surface area (Å²) >= 11 is 0. The van der Waals surface area contributed by atoms with Gasteiger partial charge in [-0.15, -0.1) is 11.8 Å². The molecule has 0 heterocycles. The topological polar surface area (TPSA) is 0 Å². The first-order valence-electron chi connectivity index (χ1n) is 10.4. The molecular weight excluding hydrogens is 264 g/mol. The fourth-order valence-electron chi connectivity index (χ4n) is 2.87. The van der Waals surface area contributed by atoms with Gasteiger partial charge >= 0.3 is 0 Å². The first-order chi connectivity index (χ1) is 10.9. The Morgan fingerprint density at radius 1 is 0.364 bits per heavy atom. The molecule has 0 aromatic rings. The molecule has 0 aliphatic carbocycles. The van der Waals surface area contributed by atoms with Gasteiger partial charge in [0.2, 0.25) is 0 Å². The van der Waals surface area contributed by atoms with E-state index in [0.29, 0.717) is 0 Å². The highest BCUT2D eigenvalue weighted by Crippen LogP contribution is 2.10. The molecule has 130 valence electrons. The van der Waals surface area contributed by atoms with Crippen LogP contribution in [0.5, 0.6) is 0 Å². The second-order valence-corrected chi connectivity index (χ2v) is 6.80. The highest BCUT2D eigenvalue weighted by atomic mass is 14.0. The van der Waals surface area contributed by atoms with Crippen LogP contribution in [0.15, 0.2) is 0 Å². The molecule has 0 nitrogen and oxygen atoms in total. The van der Waals surface area contributed by atoms with Crippen molar-refractivity contribution in [2.75, 3.05) is 0 Å². The zero-order valence-corrected chi connectivity index (χ0v) is 15.7. The maximum Gasteiger partial charge on any atom is 0.00886 e. The fraction of sp³-hybridized carbons (Fsp3) is 0.909. The Morgan fingerprint density at radius 3 is 0.955 bits per heavy atom. The van der Waals surface area contributed by atoms with Crippen molar-refractivity contribution in [1.82, 2.24) is 0 Å². The third kappa shape index (κ3) is 19.6. The maximum atomic E-state index is 3.37. The molecule has 0 N–H and O–H groups in total. The summed E-state index contributed by atoms with van der Waals surface area (Å²) in [7, 11) is 0. The van der Waals surface area contributed by atoms with Crippen molar-refractivity contribution in [3.8, 4) is 11.8 Å². The Balaban J connectivity index is 3.07. The van der Waals surface area contributed by atoms with Gasteiger partial charge in [0.1, 0.15) is 0 Å². The molecule has 0 amide bonds. The van der Waals surface area contributed by atoms with E-state index in [-0.39, 0.29) is 0 Å². The Morgan fingerprint density at radius 2 is 0.636 bits per heavy atom. The first-order valence-corrected chi connectivity index (χ1v) is 10.4. The lowest BCUT2D eigenvalue weighted by Gasteiger charge is -1.99. The summed E-state index contributed by atoms with van der Waals surface area (Å²) in [5.41, 5.74) is 0. The normalized spacial score (nSPS) is 10.5. The van der Waals surface area contributed by atoms with E-state index in [0.717, 1.165) is 12.8 Å². The Hall–Kier alpha value is -0.440. The highest BCUT2D eigenvalue weighted by molar-refractivity contribution is 4.98. The predicted molar refractivity (Wildman–Crippen MR) is 102 cm³/mol. The van der Waals surface area contributed by atoms with Gasteiger partial charge in [-0.1, -0.05) is 104 Å². The number of rotatable bonds is 16. The van der Waals surface area contributed by atoms with Gasteiger partial charge in [-0.3, -0.25) is 0 Å². The lowest BCUT2D eigenvalue weighted by atomic mass is 10.1. The van der Waals surface area contributed by atoms with Crippen molar-refractivity contribution in [3.05, 3.63) is 0 Å². The van der Waals surface area contributed by atoms with E-state index in [9.17, 15) is 0 Å². The van der Waals surface area contributed by atoms with Gasteiger partial charge in [0, 0.05) is 12.8 Å². The fourth-order valence-corrected chi connectivity index (χ4v) is 2.87. The lowest BCUT2D eigenvalue weighted by molar-refractivity contribution is 0.577. The molecule has 0 aromatic heterocycles. The summed E-state index contributed by atoms with van der Waals surface area (Å²) in [6, 6.07) is 0. The van der Waals surface area contributed by atoms with Gasteiger partial charge in [-0.25, -0.2) is 0 Å². The van der Waals surface area contributed by atoms with Crippen LogP contribution in [0.4, 0.5) is 0 Å². The molecule has 0 fully saturated rings. The van der Waals surface area contributed by atoms with Crippen LogP contribution in [0.25, 0.3) is 0 Å². The minimum absolute atomic E-state index is 1.13. The molecule has 0 unspecified atom stereocenters. The first kappa shape index (κ1) is 21.6. The van der Waals surface area contributed by atoms with Gasteiger partial charge in [0.25, 0.3) is 0 Å². The van der Waals surface area contributed by atoms with Crippen LogP contribution in [0, 0.1) is 11.8 Å². The number of unbranched alkanes of at least 4 members (excludes halogenated alkanes) is 16. The maximum absolute atomic E-state index is 3.37. The molecular formula is C22H42. The van der Waals surface area contributed by atoms with Crippen molar-refractivity contribution in [1.29, 1.82) is 0 Å². The summed E-state index contributed by atoms with van der Waals surface area (Å²) in [6.07, 6.45) is 24.7. The SMILES string of the molecule is CCCCCCCCCCC#CCCCCCCCCCC. The second kappa shape index (κ2) is 20.6. The predicted octanol–water partition coefficient (Wildman–Crippen LogP) is 8.05. The van der Waals surface area contributed by atoms with Gasteiger partial charge < -0.3 is 0 Å². The molecule has 0 atom stereocenters. The molecule has 0 aliphatic rings. The van der Waals surface area contributed by atoms with E-state index in [2.05, 4.69) is 25.7 Å². The van der Waals surface area contributed by atoms with Crippen LogP contribution < -0.4 is 0 Å². The summed E-state index contributed by atoms with van der Waals surface area (Å²) in [5, 5.41) is 0. The van der Waals surface area contributed by atoms with Crippen LogP contribution in [-0.4, -0.2) is 0 Å². The van der Waals surface area contributed by atoms with E-state index in [1.54, 1.807) is 0 Å². The Bertz CT molecular complexity index is 218. The monoisotopic (exact) mass is 306 g/mol. The van der Waals surface area contributed by atoms with Crippen molar-refractivity contribution in [2.24, 2.45) is 0 Å². The van der Waals surface area contributed by atoms with Gasteiger partial charge in [-0.05, 0) is 12.8 Å². The van der Waals surface area contributed by atoms with E-state index < -0.39 is 0 Å². The molecule has 0 rings (SSSR count). The van der Waals surface area contributed by atoms with E-state index in [4.69, 9.17) is 0 Å². The van der Waals surface area contributed by atoms with E-state index >= 15 is 0 Å².